The van der Waals surface area contributed by atoms with Gasteiger partial charge in [0.25, 0.3) is 5.91 Å². The van der Waals surface area contributed by atoms with Crippen LogP contribution in [0.3, 0.4) is 0 Å². The molecule has 0 aliphatic carbocycles. The summed E-state index contributed by atoms with van der Waals surface area (Å²) in [5.41, 5.74) is 1.60. The van der Waals surface area contributed by atoms with Gasteiger partial charge in [-0.25, -0.2) is 8.42 Å². The van der Waals surface area contributed by atoms with Gasteiger partial charge in [0.05, 0.1) is 16.2 Å². The van der Waals surface area contributed by atoms with Gasteiger partial charge < -0.3 is 9.73 Å². The van der Waals surface area contributed by atoms with Crippen LogP contribution >= 0.6 is 0 Å². The Labute approximate surface area is 152 Å². The van der Waals surface area contributed by atoms with Gasteiger partial charge >= 0.3 is 0 Å². The zero-order valence-corrected chi connectivity index (χ0v) is 15.3. The predicted molar refractivity (Wildman–Crippen MR) is 99.9 cm³/mol. The van der Waals surface area contributed by atoms with Crippen LogP contribution in [-0.2, 0) is 15.6 Å². The highest BCUT2D eigenvalue weighted by molar-refractivity contribution is 7.90. The molecule has 0 saturated heterocycles. The fourth-order valence-corrected chi connectivity index (χ4v) is 4.08. The molecule has 134 valence electrons. The number of carbonyl (C=O) groups excluding carboxylic acids is 1. The van der Waals surface area contributed by atoms with E-state index in [4.69, 9.17) is 4.42 Å². The normalized spacial score (nSPS) is 11.3. The lowest BCUT2D eigenvalue weighted by atomic mass is 10.2. The maximum atomic E-state index is 12.5. The van der Waals surface area contributed by atoms with Gasteiger partial charge in [-0.1, -0.05) is 30.3 Å². The van der Waals surface area contributed by atoms with E-state index in [1.165, 1.54) is 0 Å². The molecule has 0 radical (unpaired) electrons. The molecular formula is C20H19NO4S. The summed E-state index contributed by atoms with van der Waals surface area (Å²) >= 11 is 0. The van der Waals surface area contributed by atoms with E-state index >= 15 is 0 Å². The number of anilines is 1. The Balaban J connectivity index is 1.78. The highest BCUT2D eigenvalue weighted by Crippen LogP contribution is 2.20. The van der Waals surface area contributed by atoms with Crippen LogP contribution < -0.4 is 5.32 Å². The number of sulfone groups is 1. The van der Waals surface area contributed by atoms with Crippen molar-refractivity contribution in [1.82, 2.24) is 0 Å². The number of furan rings is 1. The Morgan fingerprint density at radius 3 is 2.38 bits per heavy atom. The highest BCUT2D eigenvalue weighted by atomic mass is 32.2. The molecule has 0 aliphatic rings. The van der Waals surface area contributed by atoms with Gasteiger partial charge in [0.2, 0.25) is 0 Å². The van der Waals surface area contributed by atoms with Crippen molar-refractivity contribution in [3.8, 4) is 0 Å². The van der Waals surface area contributed by atoms with Crippen LogP contribution in [0.25, 0.3) is 0 Å². The molecule has 0 bridgehead atoms. The maximum Gasteiger partial charge on any atom is 0.259 e. The number of hydrogen-bond donors (Lipinski definition) is 1. The van der Waals surface area contributed by atoms with Gasteiger partial charge in [-0.15, -0.1) is 0 Å². The largest absolute Gasteiger partial charge is 0.466 e. The zero-order chi connectivity index (χ0) is 18.7. The molecule has 0 atom stereocenters. The van der Waals surface area contributed by atoms with Crippen LogP contribution in [0.1, 0.15) is 27.4 Å². The Hall–Kier alpha value is -2.86. The smallest absolute Gasteiger partial charge is 0.259 e. The van der Waals surface area contributed by atoms with Gasteiger partial charge in [0.1, 0.15) is 11.5 Å². The minimum atomic E-state index is -3.44. The molecule has 1 N–H and O–H groups in total. The molecule has 2 aromatic carbocycles. The van der Waals surface area contributed by atoms with E-state index in [0.717, 1.165) is 0 Å². The van der Waals surface area contributed by atoms with Crippen molar-refractivity contribution in [2.45, 2.75) is 24.5 Å². The van der Waals surface area contributed by atoms with Gasteiger partial charge in [-0.2, -0.15) is 0 Å². The number of benzene rings is 2. The highest BCUT2D eigenvalue weighted by Gasteiger charge is 2.16. The van der Waals surface area contributed by atoms with Crippen LogP contribution in [0.5, 0.6) is 0 Å². The van der Waals surface area contributed by atoms with Crippen molar-refractivity contribution in [2.24, 2.45) is 0 Å². The third kappa shape index (κ3) is 4.03. The molecule has 1 amide bonds. The standard InChI is InChI=1S/C20H19NO4S/c1-14-11-19(15(2)25-14)20(22)21-17-8-6-7-16(12-17)13-26(23,24)18-9-4-3-5-10-18/h3-12H,13H2,1-2H3,(H,21,22). The molecule has 0 aliphatic heterocycles. The SMILES string of the molecule is Cc1cc(C(=O)Nc2cccc(CS(=O)(=O)c3ccccc3)c2)c(C)o1. The average Bonchev–Trinajstić information content (AvgIpc) is 2.94. The molecule has 1 heterocycles. The summed E-state index contributed by atoms with van der Waals surface area (Å²) in [4.78, 5) is 12.7. The van der Waals surface area contributed by atoms with Crippen molar-refractivity contribution in [3.05, 3.63) is 83.3 Å². The molecular weight excluding hydrogens is 350 g/mol. The molecule has 0 saturated carbocycles. The molecule has 0 unspecified atom stereocenters. The number of hydrogen-bond acceptors (Lipinski definition) is 4. The van der Waals surface area contributed by atoms with Gasteiger partial charge in [-0.05, 0) is 49.7 Å². The summed E-state index contributed by atoms with van der Waals surface area (Å²) in [5, 5.41) is 2.78. The van der Waals surface area contributed by atoms with E-state index in [9.17, 15) is 13.2 Å². The van der Waals surface area contributed by atoms with Crippen molar-refractivity contribution in [2.75, 3.05) is 5.32 Å². The quantitative estimate of drug-likeness (QED) is 0.734. The Kier molecular flexibility index (Phi) is 4.95. The third-order valence-electron chi connectivity index (χ3n) is 3.93. The number of amides is 1. The first-order valence-corrected chi connectivity index (χ1v) is 9.75. The summed E-state index contributed by atoms with van der Waals surface area (Å²) in [6, 6.07) is 16.8. The molecule has 0 fully saturated rings. The van der Waals surface area contributed by atoms with E-state index in [-0.39, 0.29) is 16.6 Å². The molecule has 26 heavy (non-hydrogen) atoms. The monoisotopic (exact) mass is 369 g/mol. The number of aryl methyl sites for hydroxylation is 2. The van der Waals surface area contributed by atoms with Crippen LogP contribution in [0.4, 0.5) is 5.69 Å². The molecule has 3 aromatic rings. The molecule has 6 heteroatoms. The summed E-state index contributed by atoms with van der Waals surface area (Å²) in [5.74, 6) is 0.783. The maximum absolute atomic E-state index is 12.5. The van der Waals surface area contributed by atoms with E-state index in [2.05, 4.69) is 5.32 Å². The van der Waals surface area contributed by atoms with Crippen molar-refractivity contribution < 1.29 is 17.6 Å². The van der Waals surface area contributed by atoms with Crippen LogP contribution in [0, 0.1) is 13.8 Å². The van der Waals surface area contributed by atoms with E-state index in [1.54, 1.807) is 74.5 Å². The first-order valence-electron chi connectivity index (χ1n) is 8.10. The second-order valence-corrected chi connectivity index (χ2v) is 8.04. The number of rotatable bonds is 5. The number of nitrogens with one attached hydrogen (secondary N) is 1. The van der Waals surface area contributed by atoms with Crippen molar-refractivity contribution >= 4 is 21.4 Å². The minimum absolute atomic E-state index is 0.134. The fourth-order valence-electron chi connectivity index (χ4n) is 2.72. The first kappa shape index (κ1) is 17.9. The van der Waals surface area contributed by atoms with E-state index in [1.807, 2.05) is 0 Å². The second kappa shape index (κ2) is 7.17. The van der Waals surface area contributed by atoms with Gasteiger partial charge in [-0.3, -0.25) is 4.79 Å². The van der Waals surface area contributed by atoms with Crippen molar-refractivity contribution in [1.29, 1.82) is 0 Å². The van der Waals surface area contributed by atoms with Crippen LogP contribution in [0.15, 0.2) is 70.0 Å². The predicted octanol–water partition coefficient (Wildman–Crippen LogP) is 4.12. The lowest BCUT2D eigenvalue weighted by molar-refractivity contribution is 0.102. The summed E-state index contributed by atoms with van der Waals surface area (Å²) in [6.45, 7) is 3.50. The zero-order valence-electron chi connectivity index (χ0n) is 14.5. The molecule has 5 nitrogen and oxygen atoms in total. The van der Waals surface area contributed by atoms with Crippen LogP contribution in [0.2, 0.25) is 0 Å². The number of carbonyl (C=O) groups is 1. The van der Waals surface area contributed by atoms with Gasteiger partial charge in [0, 0.05) is 5.69 Å². The fraction of sp³-hybridized carbons (Fsp3) is 0.150. The summed E-state index contributed by atoms with van der Waals surface area (Å²) in [6.07, 6.45) is 0. The topological polar surface area (TPSA) is 76.4 Å². The van der Waals surface area contributed by atoms with E-state index < -0.39 is 9.84 Å². The molecule has 0 spiro atoms. The first-order chi connectivity index (χ1) is 12.3. The second-order valence-electron chi connectivity index (χ2n) is 6.05. The Morgan fingerprint density at radius 1 is 1.00 bits per heavy atom. The summed E-state index contributed by atoms with van der Waals surface area (Å²) in [7, 11) is -3.44. The lowest BCUT2D eigenvalue weighted by Gasteiger charge is -2.08. The van der Waals surface area contributed by atoms with E-state index in [0.29, 0.717) is 28.3 Å². The van der Waals surface area contributed by atoms with Crippen LogP contribution in [-0.4, -0.2) is 14.3 Å². The summed E-state index contributed by atoms with van der Waals surface area (Å²) < 4.78 is 30.4. The Morgan fingerprint density at radius 2 is 1.73 bits per heavy atom. The molecule has 1 aromatic heterocycles. The van der Waals surface area contributed by atoms with Crippen molar-refractivity contribution in [3.63, 3.8) is 0 Å². The third-order valence-corrected chi connectivity index (χ3v) is 5.63. The molecule has 3 rings (SSSR count). The average molecular weight is 369 g/mol. The Bertz CT molecular complexity index is 1040. The lowest BCUT2D eigenvalue weighted by Crippen LogP contribution is -2.12. The minimum Gasteiger partial charge on any atom is -0.466 e. The van der Waals surface area contributed by atoms with Gasteiger partial charge in [0.15, 0.2) is 9.84 Å².